The molecule has 0 saturated carbocycles. The quantitative estimate of drug-likeness (QED) is 0.0268. The number of hydrogen-bond acceptors (Lipinski definition) is 7. The van der Waals surface area contributed by atoms with Crippen LogP contribution in [0.1, 0.15) is 239 Å². The first-order valence-electron chi connectivity index (χ1n) is 26.3. The van der Waals surface area contributed by atoms with E-state index in [1.165, 1.54) is 148 Å². The van der Waals surface area contributed by atoms with Crippen LogP contribution < -0.4 is 5.73 Å². The molecule has 2 unspecified atom stereocenters. The number of nitrogens with two attached hydrogens (primary N) is 1. The van der Waals surface area contributed by atoms with Gasteiger partial charge in [-0.3, -0.25) is 13.8 Å². The van der Waals surface area contributed by atoms with Crippen molar-refractivity contribution in [1.82, 2.24) is 0 Å². The molecule has 0 heterocycles. The molecule has 0 aliphatic heterocycles. The van der Waals surface area contributed by atoms with Crippen LogP contribution in [0.15, 0.2) is 60.8 Å². The van der Waals surface area contributed by atoms with Crippen molar-refractivity contribution < 1.29 is 32.8 Å². The third kappa shape index (κ3) is 51.1. The Morgan fingerprint density at radius 3 is 1.33 bits per heavy atom. The molecule has 0 saturated heterocycles. The van der Waals surface area contributed by atoms with Gasteiger partial charge < -0.3 is 20.1 Å². The highest BCUT2D eigenvalue weighted by molar-refractivity contribution is 7.47. The van der Waals surface area contributed by atoms with Crippen molar-refractivity contribution in [2.45, 2.75) is 245 Å². The minimum Gasteiger partial charge on any atom is -0.457 e. The lowest BCUT2D eigenvalue weighted by molar-refractivity contribution is -0.154. The van der Waals surface area contributed by atoms with Crippen LogP contribution in [0.2, 0.25) is 0 Å². The zero-order valence-electron chi connectivity index (χ0n) is 41.1. The zero-order valence-corrected chi connectivity index (χ0v) is 42.0. The van der Waals surface area contributed by atoms with Crippen LogP contribution in [-0.4, -0.2) is 49.9 Å². The number of hydrogen-bond donors (Lipinski definition) is 2. The largest absolute Gasteiger partial charge is 0.472 e. The number of ether oxygens (including phenoxy) is 2. The summed E-state index contributed by atoms with van der Waals surface area (Å²) in [7, 11) is -4.29. The van der Waals surface area contributed by atoms with Gasteiger partial charge >= 0.3 is 13.8 Å². The van der Waals surface area contributed by atoms with E-state index >= 15 is 0 Å². The first-order chi connectivity index (χ1) is 30.9. The van der Waals surface area contributed by atoms with E-state index in [4.69, 9.17) is 24.3 Å². The minimum atomic E-state index is -4.29. The van der Waals surface area contributed by atoms with Crippen molar-refractivity contribution in [1.29, 1.82) is 0 Å². The highest BCUT2D eigenvalue weighted by Crippen LogP contribution is 2.43. The van der Waals surface area contributed by atoms with Gasteiger partial charge in [-0.05, 0) is 57.8 Å². The SMILES string of the molecule is CC/C=C\C/C=C\C/C=C\C/C=C\C/C=C\CCCCCCCCCCCC(=O)OC(COCCCCCCCCCCCCCCCCCCCCC)COP(=O)(O)OCCN. The Balaban J connectivity index is 3.94. The fourth-order valence-corrected chi connectivity index (χ4v) is 8.14. The third-order valence-electron chi connectivity index (χ3n) is 11.2. The molecule has 0 amide bonds. The Kier molecular flexibility index (Phi) is 49.7. The summed E-state index contributed by atoms with van der Waals surface area (Å²) in [6.45, 7) is 4.84. The fraction of sp³-hybridized carbons (Fsp3) is 0.796. The van der Waals surface area contributed by atoms with Gasteiger partial charge in [0.25, 0.3) is 0 Å². The van der Waals surface area contributed by atoms with Crippen molar-refractivity contribution in [3.05, 3.63) is 60.8 Å². The van der Waals surface area contributed by atoms with Crippen LogP contribution in [0, 0.1) is 0 Å². The zero-order chi connectivity index (χ0) is 45.8. The van der Waals surface area contributed by atoms with Crippen molar-refractivity contribution in [2.24, 2.45) is 5.73 Å². The molecular weight excluding hydrogens is 806 g/mol. The van der Waals surface area contributed by atoms with Crippen LogP contribution in [-0.2, 0) is 27.9 Å². The van der Waals surface area contributed by atoms with Gasteiger partial charge in [0.15, 0.2) is 0 Å². The summed E-state index contributed by atoms with van der Waals surface area (Å²) in [4.78, 5) is 22.6. The normalized spacial score (nSPS) is 13.8. The van der Waals surface area contributed by atoms with E-state index in [0.717, 1.165) is 70.6 Å². The van der Waals surface area contributed by atoms with Crippen LogP contribution in [0.4, 0.5) is 0 Å². The molecule has 0 radical (unpaired) electrons. The van der Waals surface area contributed by atoms with Crippen LogP contribution in [0.5, 0.6) is 0 Å². The van der Waals surface area contributed by atoms with Gasteiger partial charge in [0.2, 0.25) is 0 Å². The topological polar surface area (TPSA) is 117 Å². The van der Waals surface area contributed by atoms with E-state index in [2.05, 4.69) is 74.6 Å². The highest BCUT2D eigenvalue weighted by atomic mass is 31.2. The molecule has 0 bridgehead atoms. The number of carbonyl (C=O) groups is 1. The van der Waals surface area contributed by atoms with E-state index in [1.807, 2.05) is 0 Å². The first-order valence-corrected chi connectivity index (χ1v) is 27.8. The lowest BCUT2D eigenvalue weighted by Gasteiger charge is -2.20. The Labute approximate surface area is 389 Å². The Hall–Kier alpha value is -1.80. The monoisotopic (exact) mass is 906 g/mol. The maximum absolute atomic E-state index is 12.7. The standard InChI is InChI=1S/C54H100NO7P/c1-3-5-7-9-11-13-15-17-19-21-23-24-25-26-27-28-29-31-33-35-37-39-41-43-45-47-54(56)62-53(52-61-63(57,58)60-50-48-55)51-59-49-46-44-42-40-38-36-34-32-30-22-20-18-16-14-12-10-8-6-4-2/h5,7,11,13,17,19,23-24,26-27,53H,3-4,6,8-10,12,14-16,18,20-22,25,28-52,55H2,1-2H3,(H,57,58)/b7-5-,13-11-,19-17-,24-23-,27-26-. The minimum absolute atomic E-state index is 0.0973. The summed E-state index contributed by atoms with van der Waals surface area (Å²) in [5.41, 5.74) is 5.39. The maximum Gasteiger partial charge on any atom is 0.472 e. The van der Waals surface area contributed by atoms with Gasteiger partial charge in [0, 0.05) is 19.6 Å². The number of phosphoric ester groups is 1. The van der Waals surface area contributed by atoms with E-state index < -0.39 is 13.9 Å². The van der Waals surface area contributed by atoms with Gasteiger partial charge in [0.05, 0.1) is 19.8 Å². The summed E-state index contributed by atoms with van der Waals surface area (Å²) >= 11 is 0. The summed E-state index contributed by atoms with van der Waals surface area (Å²) in [6, 6.07) is 0. The number of esters is 1. The van der Waals surface area contributed by atoms with Crippen molar-refractivity contribution in [3.63, 3.8) is 0 Å². The van der Waals surface area contributed by atoms with Crippen molar-refractivity contribution in [2.75, 3.05) is 33.0 Å². The lowest BCUT2D eigenvalue weighted by Crippen LogP contribution is -2.28. The molecule has 0 spiro atoms. The Morgan fingerprint density at radius 1 is 0.492 bits per heavy atom. The Morgan fingerprint density at radius 2 is 0.889 bits per heavy atom. The molecular formula is C54H100NO7P. The molecule has 0 rings (SSSR count). The summed E-state index contributed by atoms with van der Waals surface area (Å²) in [5, 5.41) is 0. The second kappa shape index (κ2) is 51.2. The molecule has 0 aromatic heterocycles. The second-order valence-corrected chi connectivity index (χ2v) is 18.8. The van der Waals surface area contributed by atoms with Gasteiger partial charge in [-0.2, -0.15) is 0 Å². The third-order valence-corrected chi connectivity index (χ3v) is 12.2. The molecule has 8 nitrogen and oxygen atoms in total. The smallest absolute Gasteiger partial charge is 0.457 e. The van der Waals surface area contributed by atoms with Crippen LogP contribution in [0.25, 0.3) is 0 Å². The first kappa shape index (κ1) is 61.2. The Bertz CT molecular complexity index is 1150. The predicted molar refractivity (Wildman–Crippen MR) is 270 cm³/mol. The number of unbranched alkanes of at least 4 members (excludes halogenated alkanes) is 27. The van der Waals surface area contributed by atoms with Gasteiger partial charge in [-0.25, -0.2) is 4.57 Å². The highest BCUT2D eigenvalue weighted by Gasteiger charge is 2.25. The van der Waals surface area contributed by atoms with E-state index in [9.17, 15) is 14.3 Å². The van der Waals surface area contributed by atoms with E-state index in [-0.39, 0.29) is 32.3 Å². The van der Waals surface area contributed by atoms with Crippen molar-refractivity contribution in [3.8, 4) is 0 Å². The van der Waals surface area contributed by atoms with E-state index in [0.29, 0.717) is 13.0 Å². The molecule has 0 aromatic rings. The van der Waals surface area contributed by atoms with Gasteiger partial charge in [-0.15, -0.1) is 0 Å². The second-order valence-electron chi connectivity index (χ2n) is 17.4. The summed E-state index contributed by atoms with van der Waals surface area (Å²) < 4.78 is 33.6. The fourth-order valence-electron chi connectivity index (χ4n) is 7.38. The molecule has 2 atom stereocenters. The van der Waals surface area contributed by atoms with Crippen LogP contribution >= 0.6 is 7.82 Å². The molecule has 0 aliphatic carbocycles. The lowest BCUT2D eigenvalue weighted by atomic mass is 10.0. The number of rotatable bonds is 50. The average molecular weight is 906 g/mol. The molecule has 0 fully saturated rings. The number of phosphoric acid groups is 1. The van der Waals surface area contributed by atoms with Crippen molar-refractivity contribution >= 4 is 13.8 Å². The number of allylic oxidation sites excluding steroid dienone is 10. The molecule has 368 valence electrons. The van der Waals surface area contributed by atoms with Crippen LogP contribution in [0.3, 0.4) is 0 Å². The molecule has 63 heavy (non-hydrogen) atoms. The number of carbonyl (C=O) groups excluding carboxylic acids is 1. The van der Waals surface area contributed by atoms with E-state index in [1.54, 1.807) is 0 Å². The average Bonchev–Trinajstić information content (AvgIpc) is 3.28. The molecule has 9 heteroatoms. The summed E-state index contributed by atoms with van der Waals surface area (Å²) in [6.07, 6.45) is 64.0. The van der Waals surface area contributed by atoms with Gasteiger partial charge in [-0.1, -0.05) is 235 Å². The molecule has 0 aromatic carbocycles. The summed E-state index contributed by atoms with van der Waals surface area (Å²) in [5.74, 6) is -0.334. The maximum atomic E-state index is 12.7. The van der Waals surface area contributed by atoms with Gasteiger partial charge in [0.1, 0.15) is 6.10 Å². The predicted octanol–water partition coefficient (Wildman–Crippen LogP) is 16.5. The molecule has 0 aliphatic rings. The molecule has 3 N–H and O–H groups in total.